The summed E-state index contributed by atoms with van der Waals surface area (Å²) >= 11 is 0. The van der Waals surface area contributed by atoms with Gasteiger partial charge in [0.05, 0.1) is 0 Å². The summed E-state index contributed by atoms with van der Waals surface area (Å²) in [5, 5.41) is 12.0. The SMILES string of the molecule is CCCCCCC/C=C\C/C=C\CCCCCCCCCCCC(=O)OC(CCCCC/C=C\CCCCCCCCCC)CCCCCCCC(=O)NC(CCCN)C(=O)O. The molecule has 0 aliphatic heterocycles. The number of ether oxygens (including phenoxy) is 1. The van der Waals surface area contributed by atoms with Crippen molar-refractivity contribution in [2.45, 2.75) is 289 Å². The Morgan fingerprint density at radius 3 is 1.27 bits per heavy atom. The fourth-order valence-corrected chi connectivity index (χ4v) is 8.12. The highest BCUT2D eigenvalue weighted by atomic mass is 16.5. The maximum absolute atomic E-state index is 12.9. The molecule has 4 N–H and O–H groups in total. The Bertz CT molecular complexity index is 1070. The van der Waals surface area contributed by atoms with E-state index in [1.54, 1.807) is 0 Å². The quantitative estimate of drug-likeness (QED) is 0.0318. The van der Waals surface area contributed by atoms with Gasteiger partial charge in [-0.3, -0.25) is 9.59 Å². The molecule has 0 saturated heterocycles. The molecule has 0 aliphatic carbocycles. The molecule has 0 aromatic rings. The summed E-state index contributed by atoms with van der Waals surface area (Å²) < 4.78 is 6.09. The lowest BCUT2D eigenvalue weighted by molar-refractivity contribution is -0.150. The minimum atomic E-state index is -1.00. The number of carbonyl (C=O) groups excluding carboxylic acids is 2. The van der Waals surface area contributed by atoms with Crippen LogP contribution in [0.15, 0.2) is 36.5 Å². The van der Waals surface area contributed by atoms with Crippen molar-refractivity contribution in [1.29, 1.82) is 0 Å². The zero-order valence-electron chi connectivity index (χ0n) is 41.0. The molecule has 0 spiro atoms. The van der Waals surface area contributed by atoms with E-state index in [1.807, 2.05) is 0 Å². The molecule has 0 rings (SSSR count). The number of nitrogens with one attached hydrogen (secondary N) is 1. The molecule has 2 atom stereocenters. The van der Waals surface area contributed by atoms with E-state index in [2.05, 4.69) is 55.6 Å². The van der Waals surface area contributed by atoms with E-state index in [0.29, 0.717) is 32.2 Å². The first-order chi connectivity index (χ1) is 30.4. The van der Waals surface area contributed by atoms with Crippen LogP contribution in [0.5, 0.6) is 0 Å². The van der Waals surface area contributed by atoms with Crippen molar-refractivity contribution < 1.29 is 24.2 Å². The monoisotopic (exact) mass is 871 g/mol. The second kappa shape index (κ2) is 49.6. The van der Waals surface area contributed by atoms with E-state index >= 15 is 0 Å². The van der Waals surface area contributed by atoms with E-state index in [9.17, 15) is 19.5 Å². The minimum Gasteiger partial charge on any atom is -0.480 e. The molecule has 0 heterocycles. The van der Waals surface area contributed by atoms with Crippen LogP contribution in [0.1, 0.15) is 277 Å². The number of esters is 1. The number of nitrogens with two attached hydrogens (primary N) is 1. The molecule has 0 bridgehead atoms. The number of hydrogen-bond donors (Lipinski definition) is 3. The van der Waals surface area contributed by atoms with E-state index in [1.165, 1.54) is 161 Å². The molecule has 7 nitrogen and oxygen atoms in total. The van der Waals surface area contributed by atoms with Crippen molar-refractivity contribution in [3.63, 3.8) is 0 Å². The third-order valence-corrected chi connectivity index (χ3v) is 12.2. The molecule has 0 aromatic heterocycles. The molecule has 62 heavy (non-hydrogen) atoms. The van der Waals surface area contributed by atoms with Crippen LogP contribution >= 0.6 is 0 Å². The fourth-order valence-electron chi connectivity index (χ4n) is 8.12. The second-order valence-electron chi connectivity index (χ2n) is 18.3. The zero-order chi connectivity index (χ0) is 45.2. The van der Waals surface area contributed by atoms with E-state index in [-0.39, 0.29) is 18.0 Å². The highest BCUT2D eigenvalue weighted by molar-refractivity contribution is 5.83. The number of amides is 1. The van der Waals surface area contributed by atoms with Crippen molar-refractivity contribution in [3.8, 4) is 0 Å². The number of carbonyl (C=O) groups is 3. The number of unbranched alkanes of at least 4 members (excludes halogenated alkanes) is 29. The Balaban J connectivity index is 4.28. The molecule has 0 radical (unpaired) electrons. The maximum atomic E-state index is 12.9. The minimum absolute atomic E-state index is 0.00509. The van der Waals surface area contributed by atoms with Gasteiger partial charge in [-0.25, -0.2) is 4.79 Å². The molecule has 0 aromatic carbocycles. The summed E-state index contributed by atoms with van der Waals surface area (Å²) in [6.45, 7) is 4.96. The Morgan fingerprint density at radius 2 is 0.839 bits per heavy atom. The summed E-state index contributed by atoms with van der Waals surface area (Å²) in [6.07, 6.45) is 60.6. The van der Waals surface area contributed by atoms with Gasteiger partial charge in [0.25, 0.3) is 0 Å². The number of rotatable bonds is 49. The topological polar surface area (TPSA) is 119 Å². The van der Waals surface area contributed by atoms with Gasteiger partial charge in [-0.05, 0) is 116 Å². The van der Waals surface area contributed by atoms with E-state index in [4.69, 9.17) is 10.5 Å². The molecular formula is C55H102N2O5. The predicted molar refractivity (Wildman–Crippen MR) is 267 cm³/mol. The number of carboxylic acid groups (broad SMARTS) is 1. The largest absolute Gasteiger partial charge is 0.480 e. The van der Waals surface area contributed by atoms with Gasteiger partial charge < -0.3 is 20.9 Å². The summed E-state index contributed by atoms with van der Waals surface area (Å²) in [5.41, 5.74) is 5.50. The Hall–Kier alpha value is -2.41. The van der Waals surface area contributed by atoms with Crippen LogP contribution in [-0.2, 0) is 19.1 Å². The second-order valence-corrected chi connectivity index (χ2v) is 18.3. The fraction of sp³-hybridized carbons (Fsp3) is 0.836. The van der Waals surface area contributed by atoms with Gasteiger partial charge in [-0.15, -0.1) is 0 Å². The highest BCUT2D eigenvalue weighted by Gasteiger charge is 2.19. The van der Waals surface area contributed by atoms with Gasteiger partial charge in [0.1, 0.15) is 12.1 Å². The van der Waals surface area contributed by atoms with Crippen LogP contribution in [0.25, 0.3) is 0 Å². The standard InChI is InChI=1S/C55H102N2O5/c1-3-5-7-9-11-13-15-17-19-20-21-22-23-24-26-28-30-32-34-39-43-49-54(59)62-51(45-40-36-33-31-29-27-25-18-16-14-12-10-8-6-4-2)46-41-37-35-38-42-48-53(58)57-52(55(60)61)47-44-50-56/h15,17,20-21,27,29,51-52H,3-14,16,18-19,22-26,28,30-50,56H2,1-2H3,(H,57,58)(H,60,61)/b17-15-,21-20-,29-27-. The van der Waals surface area contributed by atoms with Gasteiger partial charge in [0, 0.05) is 12.8 Å². The lowest BCUT2D eigenvalue weighted by Crippen LogP contribution is -2.40. The first kappa shape index (κ1) is 59.6. The Morgan fingerprint density at radius 1 is 0.468 bits per heavy atom. The van der Waals surface area contributed by atoms with Crippen LogP contribution < -0.4 is 11.1 Å². The van der Waals surface area contributed by atoms with Crippen LogP contribution in [0.4, 0.5) is 0 Å². The first-order valence-electron chi connectivity index (χ1n) is 26.8. The predicted octanol–water partition coefficient (Wildman–Crippen LogP) is 16.1. The number of hydrogen-bond acceptors (Lipinski definition) is 5. The van der Waals surface area contributed by atoms with Crippen molar-refractivity contribution >= 4 is 17.8 Å². The number of allylic oxidation sites excluding steroid dienone is 6. The van der Waals surface area contributed by atoms with Crippen molar-refractivity contribution in [2.24, 2.45) is 5.73 Å². The lowest BCUT2D eigenvalue weighted by Gasteiger charge is -2.18. The van der Waals surface area contributed by atoms with E-state index in [0.717, 1.165) is 77.0 Å². The molecule has 1 amide bonds. The summed E-state index contributed by atoms with van der Waals surface area (Å²) in [6, 6.07) is -0.859. The van der Waals surface area contributed by atoms with Crippen LogP contribution in [0, 0.1) is 0 Å². The van der Waals surface area contributed by atoms with Crippen LogP contribution in [0.3, 0.4) is 0 Å². The lowest BCUT2D eigenvalue weighted by atomic mass is 10.0. The van der Waals surface area contributed by atoms with Gasteiger partial charge in [-0.2, -0.15) is 0 Å². The van der Waals surface area contributed by atoms with Gasteiger partial charge in [0.2, 0.25) is 5.91 Å². The van der Waals surface area contributed by atoms with Crippen LogP contribution in [0.2, 0.25) is 0 Å². The molecule has 0 fully saturated rings. The average molecular weight is 871 g/mol. The summed E-state index contributed by atoms with van der Waals surface area (Å²) in [4.78, 5) is 36.6. The zero-order valence-corrected chi connectivity index (χ0v) is 41.0. The van der Waals surface area contributed by atoms with Gasteiger partial charge in [-0.1, -0.05) is 192 Å². The molecule has 7 heteroatoms. The number of carboxylic acids is 1. The summed E-state index contributed by atoms with van der Waals surface area (Å²) in [5.74, 6) is -1.23. The molecule has 2 unspecified atom stereocenters. The maximum Gasteiger partial charge on any atom is 0.326 e. The summed E-state index contributed by atoms with van der Waals surface area (Å²) in [7, 11) is 0. The first-order valence-corrected chi connectivity index (χ1v) is 26.8. The van der Waals surface area contributed by atoms with Crippen molar-refractivity contribution in [1.82, 2.24) is 5.32 Å². The van der Waals surface area contributed by atoms with Crippen molar-refractivity contribution in [2.75, 3.05) is 6.54 Å². The third-order valence-electron chi connectivity index (χ3n) is 12.2. The van der Waals surface area contributed by atoms with Gasteiger partial charge >= 0.3 is 11.9 Å². The normalized spacial score (nSPS) is 12.8. The average Bonchev–Trinajstić information content (AvgIpc) is 3.26. The molecular weight excluding hydrogens is 769 g/mol. The molecule has 0 saturated carbocycles. The van der Waals surface area contributed by atoms with Crippen molar-refractivity contribution in [3.05, 3.63) is 36.5 Å². The molecule has 362 valence electrons. The molecule has 0 aliphatic rings. The third kappa shape index (κ3) is 45.6. The number of aliphatic carboxylic acids is 1. The van der Waals surface area contributed by atoms with Gasteiger partial charge in [0.15, 0.2) is 0 Å². The Labute approximate surface area is 384 Å². The van der Waals surface area contributed by atoms with Crippen LogP contribution in [-0.4, -0.2) is 41.6 Å². The Kier molecular flexibility index (Phi) is 47.7. The van der Waals surface area contributed by atoms with E-state index < -0.39 is 12.0 Å². The highest BCUT2D eigenvalue weighted by Crippen LogP contribution is 2.19. The smallest absolute Gasteiger partial charge is 0.326 e.